The normalized spacial score (nSPS) is 10.4. The first-order valence-corrected chi connectivity index (χ1v) is 6.63. The van der Waals surface area contributed by atoms with Crippen molar-refractivity contribution in [1.82, 2.24) is 0 Å². The van der Waals surface area contributed by atoms with Gasteiger partial charge in [-0.15, -0.1) is 0 Å². The smallest absolute Gasteiger partial charge is 0.335 e. The Kier molecular flexibility index (Phi) is 7.59. The van der Waals surface area contributed by atoms with Gasteiger partial charge in [0, 0.05) is 6.42 Å². The maximum Gasteiger partial charge on any atom is 0.335 e. The van der Waals surface area contributed by atoms with Crippen molar-refractivity contribution in [2.75, 3.05) is 0 Å². The van der Waals surface area contributed by atoms with Gasteiger partial charge in [-0.3, -0.25) is 4.79 Å². The quantitative estimate of drug-likeness (QED) is 0.874. The van der Waals surface area contributed by atoms with E-state index in [-0.39, 0.29) is 5.41 Å². The Labute approximate surface area is 120 Å². The molecule has 0 atom stereocenters. The monoisotopic (exact) mass is 280 g/mol. The first-order valence-electron chi connectivity index (χ1n) is 6.63. The number of carbonyl (C=O) groups is 2. The van der Waals surface area contributed by atoms with E-state index in [1.54, 1.807) is 24.3 Å². The number of aliphatic carboxylic acids is 1. The van der Waals surface area contributed by atoms with E-state index in [0.29, 0.717) is 12.0 Å². The van der Waals surface area contributed by atoms with Gasteiger partial charge in [0.1, 0.15) is 0 Å². The van der Waals surface area contributed by atoms with E-state index in [9.17, 15) is 9.59 Å². The second kappa shape index (κ2) is 8.35. The minimum absolute atomic E-state index is 0.273. The fourth-order valence-electron chi connectivity index (χ4n) is 1.47. The van der Waals surface area contributed by atoms with Crippen molar-refractivity contribution in [3.63, 3.8) is 0 Å². The van der Waals surface area contributed by atoms with Crippen LogP contribution in [-0.4, -0.2) is 22.2 Å². The number of carboxylic acids is 2. The zero-order valence-electron chi connectivity index (χ0n) is 12.6. The third-order valence-electron chi connectivity index (χ3n) is 2.62. The number of hydrogen-bond acceptors (Lipinski definition) is 2. The summed E-state index contributed by atoms with van der Waals surface area (Å²) in [6, 6.07) is 6.75. The largest absolute Gasteiger partial charge is 0.481 e. The van der Waals surface area contributed by atoms with Crippen LogP contribution in [0.4, 0.5) is 0 Å². The third kappa shape index (κ3) is 10.1. The molecule has 0 radical (unpaired) electrons. The lowest BCUT2D eigenvalue weighted by Crippen LogP contribution is -2.05. The van der Waals surface area contributed by atoms with Gasteiger partial charge in [0.25, 0.3) is 0 Å². The molecule has 112 valence electrons. The van der Waals surface area contributed by atoms with E-state index in [2.05, 4.69) is 20.8 Å². The van der Waals surface area contributed by atoms with Gasteiger partial charge in [-0.2, -0.15) is 0 Å². The number of aromatic carboxylic acids is 1. The minimum atomic E-state index is -0.875. The fourth-order valence-corrected chi connectivity index (χ4v) is 1.47. The number of rotatable bonds is 4. The summed E-state index contributed by atoms with van der Waals surface area (Å²) in [5.74, 6) is -1.57. The predicted molar refractivity (Wildman–Crippen MR) is 79.1 cm³/mol. The molecule has 0 aliphatic rings. The summed E-state index contributed by atoms with van der Waals surface area (Å²) in [6.07, 6.45) is 2.08. The lowest BCUT2D eigenvalue weighted by atomic mass is 9.90. The summed E-state index contributed by atoms with van der Waals surface area (Å²) in [6.45, 7) is 8.28. The predicted octanol–water partition coefficient (Wildman–Crippen LogP) is 3.98. The molecule has 0 saturated heterocycles. The van der Waals surface area contributed by atoms with Crippen LogP contribution in [0.1, 0.15) is 56.0 Å². The van der Waals surface area contributed by atoms with Crippen molar-refractivity contribution in [3.05, 3.63) is 35.4 Å². The van der Waals surface area contributed by atoms with Gasteiger partial charge in [0.15, 0.2) is 0 Å². The van der Waals surface area contributed by atoms with Crippen LogP contribution in [0, 0.1) is 12.3 Å². The van der Waals surface area contributed by atoms with Crippen LogP contribution in [0.25, 0.3) is 0 Å². The average Bonchev–Trinajstić information content (AvgIpc) is 2.28. The number of aryl methyl sites for hydroxylation is 1. The molecule has 20 heavy (non-hydrogen) atoms. The molecule has 2 N–H and O–H groups in total. The molecule has 0 fully saturated rings. The highest BCUT2D eigenvalue weighted by molar-refractivity contribution is 5.87. The van der Waals surface area contributed by atoms with Crippen LogP contribution in [-0.2, 0) is 4.79 Å². The van der Waals surface area contributed by atoms with Gasteiger partial charge < -0.3 is 10.2 Å². The lowest BCUT2D eigenvalue weighted by Gasteiger charge is -2.16. The molecule has 0 amide bonds. The molecular formula is C16H24O4. The fraction of sp³-hybridized carbons (Fsp3) is 0.500. The molecule has 0 aromatic heterocycles. The maximum absolute atomic E-state index is 10.3. The third-order valence-corrected chi connectivity index (χ3v) is 2.62. The zero-order valence-corrected chi connectivity index (χ0v) is 12.6. The highest BCUT2D eigenvalue weighted by atomic mass is 16.4. The maximum atomic E-state index is 10.3. The highest BCUT2D eigenvalue weighted by Crippen LogP contribution is 2.21. The van der Waals surface area contributed by atoms with Crippen molar-refractivity contribution in [1.29, 1.82) is 0 Å². The van der Waals surface area contributed by atoms with E-state index in [4.69, 9.17) is 10.2 Å². The Hall–Kier alpha value is -1.84. The Morgan fingerprint density at radius 3 is 1.90 bits per heavy atom. The lowest BCUT2D eigenvalue weighted by molar-refractivity contribution is -0.137. The van der Waals surface area contributed by atoms with Crippen LogP contribution in [0.5, 0.6) is 0 Å². The van der Waals surface area contributed by atoms with E-state index in [1.807, 2.05) is 6.92 Å². The Morgan fingerprint density at radius 1 is 1.05 bits per heavy atom. The number of benzene rings is 1. The van der Waals surface area contributed by atoms with Crippen LogP contribution >= 0.6 is 0 Å². The van der Waals surface area contributed by atoms with Crippen molar-refractivity contribution < 1.29 is 19.8 Å². The topological polar surface area (TPSA) is 74.6 Å². The summed E-state index contributed by atoms with van der Waals surface area (Å²) in [7, 11) is 0. The SMILES string of the molecule is CC(C)(C)CCCC(=O)O.Cc1ccc(C(=O)O)cc1. The number of hydrogen-bond donors (Lipinski definition) is 2. The summed E-state index contributed by atoms with van der Waals surface area (Å²) < 4.78 is 0. The van der Waals surface area contributed by atoms with Gasteiger partial charge >= 0.3 is 11.9 Å². The van der Waals surface area contributed by atoms with Crippen molar-refractivity contribution in [2.45, 2.75) is 47.0 Å². The van der Waals surface area contributed by atoms with Crippen LogP contribution in [0.3, 0.4) is 0 Å². The average molecular weight is 280 g/mol. The van der Waals surface area contributed by atoms with Crippen molar-refractivity contribution in [2.24, 2.45) is 5.41 Å². The van der Waals surface area contributed by atoms with Gasteiger partial charge in [-0.05, 0) is 37.3 Å². The Bertz CT molecular complexity index is 427. The van der Waals surface area contributed by atoms with Crippen molar-refractivity contribution >= 4 is 11.9 Å². The van der Waals surface area contributed by atoms with Crippen LogP contribution in [0.15, 0.2) is 24.3 Å². The summed E-state index contributed by atoms with van der Waals surface area (Å²) >= 11 is 0. The van der Waals surface area contributed by atoms with Gasteiger partial charge in [-0.1, -0.05) is 38.5 Å². The Balaban J connectivity index is 0.000000361. The molecule has 0 saturated carbocycles. The molecular weight excluding hydrogens is 256 g/mol. The molecule has 4 heteroatoms. The highest BCUT2D eigenvalue weighted by Gasteiger charge is 2.09. The van der Waals surface area contributed by atoms with E-state index < -0.39 is 11.9 Å². The van der Waals surface area contributed by atoms with Gasteiger partial charge in [0.2, 0.25) is 0 Å². The van der Waals surface area contributed by atoms with Crippen LogP contribution in [0.2, 0.25) is 0 Å². The summed E-state index contributed by atoms with van der Waals surface area (Å²) in [4.78, 5) is 20.4. The summed E-state index contributed by atoms with van der Waals surface area (Å²) in [5.41, 5.74) is 1.69. The molecule has 0 bridgehead atoms. The molecule has 0 heterocycles. The van der Waals surface area contributed by atoms with Gasteiger partial charge in [-0.25, -0.2) is 4.79 Å². The molecule has 0 aliphatic heterocycles. The van der Waals surface area contributed by atoms with Gasteiger partial charge in [0.05, 0.1) is 5.56 Å². The second-order valence-electron chi connectivity index (χ2n) is 5.98. The molecule has 0 spiro atoms. The standard InChI is InChI=1S/C8H8O2.C8H16O2/c1-6-2-4-7(5-3-6)8(9)10;1-8(2,3)6-4-5-7(9)10/h2-5H,1H3,(H,9,10);4-6H2,1-3H3,(H,9,10). The molecule has 4 nitrogen and oxygen atoms in total. The summed E-state index contributed by atoms with van der Waals surface area (Å²) in [5, 5.41) is 16.8. The van der Waals surface area contributed by atoms with E-state index >= 15 is 0 Å². The molecule has 1 aromatic rings. The second-order valence-corrected chi connectivity index (χ2v) is 5.98. The molecule has 1 rings (SSSR count). The number of carboxylic acid groups (broad SMARTS) is 2. The molecule has 1 aromatic carbocycles. The molecule has 0 aliphatic carbocycles. The Morgan fingerprint density at radius 2 is 1.55 bits per heavy atom. The van der Waals surface area contributed by atoms with E-state index in [0.717, 1.165) is 18.4 Å². The van der Waals surface area contributed by atoms with Crippen LogP contribution < -0.4 is 0 Å². The zero-order chi connectivity index (χ0) is 15.8. The molecule has 0 unspecified atom stereocenters. The van der Waals surface area contributed by atoms with Crippen molar-refractivity contribution in [3.8, 4) is 0 Å². The minimum Gasteiger partial charge on any atom is -0.481 e. The first-order chi connectivity index (χ1) is 9.11. The first kappa shape index (κ1) is 18.2. The van der Waals surface area contributed by atoms with E-state index in [1.165, 1.54) is 0 Å².